The van der Waals surface area contributed by atoms with Gasteiger partial charge in [-0.25, -0.2) is 13.4 Å². The number of amides is 1. The van der Waals surface area contributed by atoms with Crippen molar-refractivity contribution in [2.24, 2.45) is 0 Å². The van der Waals surface area contributed by atoms with E-state index in [2.05, 4.69) is 5.10 Å². The number of hydrogen-bond donors (Lipinski definition) is 0. The minimum absolute atomic E-state index is 0.165. The molecule has 1 aliphatic rings. The number of thiazole rings is 1. The van der Waals surface area contributed by atoms with Crippen LogP contribution in [-0.4, -0.2) is 53.1 Å². The highest BCUT2D eigenvalue weighted by atomic mass is 32.2. The fourth-order valence-electron chi connectivity index (χ4n) is 4.97. The fourth-order valence-corrected chi connectivity index (χ4v) is 7.39. The van der Waals surface area contributed by atoms with Crippen molar-refractivity contribution in [3.05, 3.63) is 102 Å². The van der Waals surface area contributed by atoms with E-state index in [1.807, 2.05) is 61.7 Å². The minimum Gasteiger partial charge on any atom is -0.492 e. The predicted molar refractivity (Wildman–Crippen MR) is 159 cm³/mol. The van der Waals surface area contributed by atoms with E-state index in [0.717, 1.165) is 10.3 Å². The summed E-state index contributed by atoms with van der Waals surface area (Å²) in [4.78, 5) is 20.4. The van der Waals surface area contributed by atoms with Gasteiger partial charge in [0.05, 0.1) is 22.7 Å². The van der Waals surface area contributed by atoms with Gasteiger partial charge in [-0.2, -0.15) is 9.40 Å². The monoisotopic (exact) mass is 587 g/mol. The Kier molecular flexibility index (Phi) is 7.57. The topological polar surface area (TPSA) is 97.6 Å². The van der Waals surface area contributed by atoms with Crippen LogP contribution in [0.25, 0.3) is 10.2 Å². The zero-order valence-electron chi connectivity index (χ0n) is 22.5. The molecule has 0 fully saturated rings. The van der Waals surface area contributed by atoms with Gasteiger partial charge in [0, 0.05) is 37.6 Å². The minimum atomic E-state index is -3.71. The molecule has 0 atom stereocenters. The standard InChI is InChI=1S/C30H29N5O4S2/c1-2-39-26-9-5-10-27-28(26)32-30(40-27)35(20-19-33-17-6-16-31-33)29(36)23-11-13-25(14-12-23)41(37,38)34-18-15-22-7-3-4-8-24(22)21-34/h3-14,16-17H,2,15,18-21H2,1H3. The van der Waals surface area contributed by atoms with Crippen LogP contribution in [0.2, 0.25) is 0 Å². The van der Waals surface area contributed by atoms with Crippen LogP contribution in [0, 0.1) is 0 Å². The van der Waals surface area contributed by atoms with Crippen LogP contribution in [0.5, 0.6) is 5.75 Å². The highest BCUT2D eigenvalue weighted by molar-refractivity contribution is 7.89. The Morgan fingerprint density at radius 3 is 2.59 bits per heavy atom. The number of ether oxygens (including phenoxy) is 1. The first-order valence-corrected chi connectivity index (χ1v) is 15.7. The molecule has 0 unspecified atom stereocenters. The van der Waals surface area contributed by atoms with Crippen molar-refractivity contribution in [2.75, 3.05) is 24.6 Å². The lowest BCUT2D eigenvalue weighted by atomic mass is 10.0. The van der Waals surface area contributed by atoms with Crippen molar-refractivity contribution >= 4 is 42.6 Å². The van der Waals surface area contributed by atoms with Crippen molar-refractivity contribution < 1.29 is 17.9 Å². The molecule has 3 heterocycles. The number of carbonyl (C=O) groups excluding carboxylic acids is 1. The Balaban J connectivity index is 1.27. The summed E-state index contributed by atoms with van der Waals surface area (Å²) in [6, 6.07) is 21.7. The van der Waals surface area contributed by atoms with E-state index in [-0.39, 0.29) is 10.8 Å². The van der Waals surface area contributed by atoms with Crippen molar-refractivity contribution in [1.82, 2.24) is 19.1 Å². The van der Waals surface area contributed by atoms with Gasteiger partial charge in [-0.1, -0.05) is 41.7 Å². The quantitative estimate of drug-likeness (QED) is 0.241. The highest BCUT2D eigenvalue weighted by Crippen LogP contribution is 2.35. The molecule has 2 aromatic heterocycles. The number of anilines is 1. The van der Waals surface area contributed by atoms with Gasteiger partial charge in [0.15, 0.2) is 5.13 Å². The molecular weight excluding hydrogens is 558 g/mol. The first kappa shape index (κ1) is 27.1. The van der Waals surface area contributed by atoms with Gasteiger partial charge in [-0.3, -0.25) is 14.4 Å². The maximum absolute atomic E-state index is 13.9. The highest BCUT2D eigenvalue weighted by Gasteiger charge is 2.29. The molecule has 1 aliphatic heterocycles. The molecule has 41 heavy (non-hydrogen) atoms. The lowest BCUT2D eigenvalue weighted by Crippen LogP contribution is -2.36. The summed E-state index contributed by atoms with van der Waals surface area (Å²) in [6.45, 7) is 3.98. The van der Waals surface area contributed by atoms with E-state index in [4.69, 9.17) is 9.72 Å². The third-order valence-corrected chi connectivity index (χ3v) is 10.00. The lowest BCUT2D eigenvalue weighted by molar-refractivity contribution is 0.0985. The van der Waals surface area contributed by atoms with Gasteiger partial charge >= 0.3 is 0 Å². The van der Waals surface area contributed by atoms with Crippen LogP contribution >= 0.6 is 11.3 Å². The summed E-state index contributed by atoms with van der Waals surface area (Å²) in [7, 11) is -3.71. The SMILES string of the molecule is CCOc1cccc2sc(N(CCn3cccn3)C(=O)c3ccc(S(=O)(=O)N4CCc5ccccc5C4)cc3)nc12. The molecule has 3 aromatic carbocycles. The molecule has 9 nitrogen and oxygen atoms in total. The largest absolute Gasteiger partial charge is 0.492 e. The molecule has 6 rings (SSSR count). The first-order valence-electron chi connectivity index (χ1n) is 13.4. The molecule has 210 valence electrons. The number of nitrogens with zero attached hydrogens (tertiary/aromatic N) is 5. The van der Waals surface area contributed by atoms with Crippen LogP contribution in [0.1, 0.15) is 28.4 Å². The molecule has 0 saturated carbocycles. The van der Waals surface area contributed by atoms with Crippen LogP contribution < -0.4 is 9.64 Å². The second kappa shape index (κ2) is 11.4. The van der Waals surface area contributed by atoms with Crippen LogP contribution in [0.3, 0.4) is 0 Å². The lowest BCUT2D eigenvalue weighted by Gasteiger charge is -2.28. The van der Waals surface area contributed by atoms with E-state index in [0.29, 0.717) is 61.2 Å². The maximum atomic E-state index is 13.9. The zero-order chi connectivity index (χ0) is 28.4. The van der Waals surface area contributed by atoms with Gasteiger partial charge in [0.2, 0.25) is 10.0 Å². The molecule has 11 heteroatoms. The number of hydrogen-bond acceptors (Lipinski definition) is 7. The van der Waals surface area contributed by atoms with Crippen LogP contribution in [-0.2, 0) is 29.5 Å². The van der Waals surface area contributed by atoms with Gasteiger partial charge in [0.1, 0.15) is 11.3 Å². The summed E-state index contributed by atoms with van der Waals surface area (Å²) in [6.07, 6.45) is 4.20. The Bertz CT molecular complexity index is 1780. The summed E-state index contributed by atoms with van der Waals surface area (Å²) < 4.78 is 36.8. The summed E-state index contributed by atoms with van der Waals surface area (Å²) in [5.74, 6) is 0.395. The van der Waals surface area contributed by atoms with Gasteiger partial charge in [-0.15, -0.1) is 0 Å². The molecule has 0 bridgehead atoms. The number of sulfonamides is 1. The fraction of sp³-hybridized carbons (Fsp3) is 0.233. The van der Waals surface area contributed by atoms with E-state index < -0.39 is 10.0 Å². The number of carbonyl (C=O) groups is 1. The summed E-state index contributed by atoms with van der Waals surface area (Å²) in [5, 5.41) is 4.80. The predicted octanol–water partition coefficient (Wildman–Crippen LogP) is 4.99. The van der Waals surface area contributed by atoms with E-state index in [9.17, 15) is 13.2 Å². The summed E-state index contributed by atoms with van der Waals surface area (Å²) in [5.41, 5.74) is 3.28. The van der Waals surface area contributed by atoms with Crippen molar-refractivity contribution in [2.45, 2.75) is 31.3 Å². The molecule has 0 spiro atoms. The molecule has 5 aromatic rings. The third-order valence-electron chi connectivity index (χ3n) is 7.09. The first-order chi connectivity index (χ1) is 19.9. The molecule has 0 saturated heterocycles. The second-order valence-corrected chi connectivity index (χ2v) is 12.6. The van der Waals surface area contributed by atoms with E-state index >= 15 is 0 Å². The average Bonchev–Trinajstić information content (AvgIpc) is 3.68. The summed E-state index contributed by atoms with van der Waals surface area (Å²) >= 11 is 1.41. The Labute approximate surface area is 242 Å². The van der Waals surface area contributed by atoms with Crippen LogP contribution in [0.15, 0.2) is 90.1 Å². The second-order valence-electron chi connectivity index (χ2n) is 9.64. The average molecular weight is 588 g/mol. The molecule has 0 N–H and O–H groups in total. The third kappa shape index (κ3) is 5.48. The Morgan fingerprint density at radius 2 is 1.83 bits per heavy atom. The van der Waals surface area contributed by atoms with E-state index in [1.165, 1.54) is 33.3 Å². The molecular formula is C30H29N5O4S2. The van der Waals surface area contributed by atoms with Gasteiger partial charge < -0.3 is 4.74 Å². The van der Waals surface area contributed by atoms with Gasteiger partial charge in [-0.05, 0) is 66.9 Å². The molecule has 0 aliphatic carbocycles. The van der Waals surface area contributed by atoms with Crippen molar-refractivity contribution in [1.29, 1.82) is 0 Å². The Hall–Kier alpha value is -4.06. The Morgan fingerprint density at radius 1 is 1.02 bits per heavy atom. The number of aromatic nitrogens is 3. The van der Waals surface area contributed by atoms with Gasteiger partial charge in [0.25, 0.3) is 5.91 Å². The molecule has 0 radical (unpaired) electrons. The normalized spacial score (nSPS) is 13.7. The van der Waals surface area contributed by atoms with Crippen molar-refractivity contribution in [3.8, 4) is 5.75 Å². The number of rotatable bonds is 9. The van der Waals surface area contributed by atoms with E-state index in [1.54, 1.807) is 27.9 Å². The van der Waals surface area contributed by atoms with Crippen molar-refractivity contribution in [3.63, 3.8) is 0 Å². The maximum Gasteiger partial charge on any atom is 0.260 e. The van der Waals surface area contributed by atoms with Crippen LogP contribution in [0.4, 0.5) is 5.13 Å². The molecule has 1 amide bonds. The number of fused-ring (bicyclic) bond motifs is 2. The number of para-hydroxylation sites is 1. The zero-order valence-corrected chi connectivity index (χ0v) is 24.1. The number of benzene rings is 3. The smallest absolute Gasteiger partial charge is 0.260 e.